The number of nitrogens with two attached hydrogens (primary N) is 1. The van der Waals surface area contributed by atoms with Crippen LogP contribution in [0.2, 0.25) is 0 Å². The van der Waals surface area contributed by atoms with Crippen LogP contribution in [0.3, 0.4) is 0 Å². The third-order valence-electron chi connectivity index (χ3n) is 1.82. The molecule has 2 atom stereocenters. The summed E-state index contributed by atoms with van der Waals surface area (Å²) in [4.78, 5) is 11.3. The summed E-state index contributed by atoms with van der Waals surface area (Å²) in [7, 11) is 0. The quantitative estimate of drug-likeness (QED) is 0.655. The zero-order valence-electron chi connectivity index (χ0n) is 8.37. The predicted molar refractivity (Wildman–Crippen MR) is 50.6 cm³/mol. The first-order chi connectivity index (χ1) is 5.99. The maximum atomic E-state index is 11.3. The molecule has 3 N–H and O–H groups in total. The normalized spacial score (nSPS) is 14.8. The van der Waals surface area contributed by atoms with Gasteiger partial charge in [-0.25, -0.2) is 0 Å². The van der Waals surface area contributed by atoms with Gasteiger partial charge in [0.15, 0.2) is 0 Å². The Morgan fingerprint density at radius 2 is 2.08 bits per heavy atom. The second-order valence-corrected chi connectivity index (χ2v) is 3.55. The number of hydrogen-bond donors (Lipinski definition) is 2. The molecule has 0 aromatic heterocycles. The molecule has 0 saturated carbocycles. The van der Waals surface area contributed by atoms with Crippen LogP contribution in [0, 0.1) is 23.2 Å². The third kappa shape index (κ3) is 4.48. The number of nitrogens with zero attached hydrogens (tertiary/aromatic N) is 1. The minimum atomic E-state index is -0.481. The van der Waals surface area contributed by atoms with E-state index >= 15 is 0 Å². The highest BCUT2D eigenvalue weighted by atomic mass is 16.2. The van der Waals surface area contributed by atoms with Crippen LogP contribution in [0.1, 0.15) is 20.8 Å². The fourth-order valence-corrected chi connectivity index (χ4v) is 0.720. The van der Waals surface area contributed by atoms with Gasteiger partial charge in [-0.15, -0.1) is 0 Å². The van der Waals surface area contributed by atoms with Crippen molar-refractivity contribution in [1.82, 2.24) is 5.32 Å². The van der Waals surface area contributed by atoms with Gasteiger partial charge in [0, 0.05) is 6.54 Å². The van der Waals surface area contributed by atoms with Gasteiger partial charge in [0.25, 0.3) is 0 Å². The van der Waals surface area contributed by atoms with Gasteiger partial charge in [0.05, 0.1) is 18.0 Å². The first-order valence-electron chi connectivity index (χ1n) is 4.42. The van der Waals surface area contributed by atoms with Crippen molar-refractivity contribution in [2.45, 2.75) is 26.8 Å². The molecule has 0 aliphatic rings. The lowest BCUT2D eigenvalue weighted by molar-refractivity contribution is -0.123. The van der Waals surface area contributed by atoms with Crippen LogP contribution in [0.25, 0.3) is 0 Å². The van der Waals surface area contributed by atoms with Crippen molar-refractivity contribution in [3.05, 3.63) is 0 Å². The van der Waals surface area contributed by atoms with Crippen LogP contribution in [0.15, 0.2) is 0 Å². The molecule has 0 heterocycles. The van der Waals surface area contributed by atoms with E-state index in [9.17, 15) is 4.79 Å². The Bertz CT molecular complexity index is 207. The van der Waals surface area contributed by atoms with E-state index in [1.807, 2.05) is 19.9 Å². The lowest BCUT2D eigenvalue weighted by Crippen LogP contribution is -2.45. The summed E-state index contributed by atoms with van der Waals surface area (Å²) in [6.45, 7) is 5.90. The number of rotatable bonds is 4. The van der Waals surface area contributed by atoms with E-state index < -0.39 is 6.04 Å². The molecule has 1 unspecified atom stereocenters. The number of carbonyl (C=O) groups is 1. The molecule has 0 spiro atoms. The number of nitriles is 1. The van der Waals surface area contributed by atoms with Crippen molar-refractivity contribution in [2.24, 2.45) is 17.6 Å². The minimum Gasteiger partial charge on any atom is -0.353 e. The van der Waals surface area contributed by atoms with Gasteiger partial charge >= 0.3 is 0 Å². The molecule has 74 valence electrons. The Morgan fingerprint density at radius 1 is 1.54 bits per heavy atom. The lowest BCUT2D eigenvalue weighted by atomic mass is 10.0. The van der Waals surface area contributed by atoms with Crippen molar-refractivity contribution in [1.29, 1.82) is 5.26 Å². The first kappa shape index (κ1) is 11.9. The minimum absolute atomic E-state index is 0.123. The largest absolute Gasteiger partial charge is 0.353 e. The van der Waals surface area contributed by atoms with Crippen molar-refractivity contribution in [2.75, 3.05) is 6.54 Å². The topological polar surface area (TPSA) is 78.9 Å². The molecule has 0 aliphatic heterocycles. The average Bonchev–Trinajstić information content (AvgIpc) is 2.11. The zero-order chi connectivity index (χ0) is 10.4. The summed E-state index contributed by atoms with van der Waals surface area (Å²) in [5.74, 6) is -0.224. The smallest absolute Gasteiger partial charge is 0.237 e. The molecule has 0 bridgehead atoms. The average molecular weight is 183 g/mol. The van der Waals surface area contributed by atoms with Crippen LogP contribution in [0.5, 0.6) is 0 Å². The van der Waals surface area contributed by atoms with Gasteiger partial charge < -0.3 is 11.1 Å². The van der Waals surface area contributed by atoms with Crippen molar-refractivity contribution < 1.29 is 4.79 Å². The molecular formula is C9H17N3O. The Kier molecular flexibility index (Phi) is 5.09. The summed E-state index contributed by atoms with van der Waals surface area (Å²) in [6, 6.07) is 1.55. The van der Waals surface area contributed by atoms with Crippen LogP contribution in [0.4, 0.5) is 0 Å². The van der Waals surface area contributed by atoms with Crippen LogP contribution in [-0.4, -0.2) is 18.5 Å². The molecule has 13 heavy (non-hydrogen) atoms. The monoisotopic (exact) mass is 183 g/mol. The molecule has 0 aromatic rings. The van der Waals surface area contributed by atoms with E-state index in [0.29, 0.717) is 6.54 Å². The maximum absolute atomic E-state index is 11.3. The molecule has 0 aliphatic carbocycles. The second-order valence-electron chi connectivity index (χ2n) is 3.55. The van der Waals surface area contributed by atoms with Crippen molar-refractivity contribution >= 4 is 5.91 Å². The number of hydrogen-bond acceptors (Lipinski definition) is 3. The molecule has 4 nitrogen and oxygen atoms in total. The van der Waals surface area contributed by atoms with E-state index in [4.69, 9.17) is 11.0 Å². The van der Waals surface area contributed by atoms with Gasteiger partial charge in [-0.3, -0.25) is 4.79 Å². The van der Waals surface area contributed by atoms with Crippen LogP contribution in [-0.2, 0) is 4.79 Å². The third-order valence-corrected chi connectivity index (χ3v) is 1.82. The molecule has 0 radical (unpaired) electrons. The van der Waals surface area contributed by atoms with E-state index in [2.05, 4.69) is 5.32 Å². The van der Waals surface area contributed by atoms with Gasteiger partial charge in [0.1, 0.15) is 0 Å². The first-order valence-corrected chi connectivity index (χ1v) is 4.42. The van der Waals surface area contributed by atoms with E-state index in [1.54, 1.807) is 6.92 Å². The van der Waals surface area contributed by atoms with Gasteiger partial charge in [-0.2, -0.15) is 5.26 Å². The summed E-state index contributed by atoms with van der Waals surface area (Å²) in [5, 5.41) is 11.1. The van der Waals surface area contributed by atoms with Crippen molar-refractivity contribution in [3.8, 4) is 6.07 Å². The van der Waals surface area contributed by atoms with E-state index in [-0.39, 0.29) is 17.7 Å². The molecule has 4 heteroatoms. The van der Waals surface area contributed by atoms with E-state index in [1.165, 1.54) is 0 Å². The van der Waals surface area contributed by atoms with Gasteiger partial charge in [-0.1, -0.05) is 13.8 Å². The standard InChI is InChI=1S/C9H17N3O/c1-6(2)8(11)9(13)12-5-7(3)4-10/h6-8H,5,11H2,1-3H3,(H,12,13)/t7?,8-/m1/s1. The summed E-state index contributed by atoms with van der Waals surface area (Å²) >= 11 is 0. The van der Waals surface area contributed by atoms with Gasteiger partial charge in [-0.05, 0) is 12.8 Å². The highest BCUT2D eigenvalue weighted by Gasteiger charge is 2.16. The molecule has 0 aromatic carbocycles. The Morgan fingerprint density at radius 3 is 2.46 bits per heavy atom. The Balaban J connectivity index is 3.83. The van der Waals surface area contributed by atoms with E-state index in [0.717, 1.165) is 0 Å². The SMILES string of the molecule is CC(C#N)CNC(=O)[C@H](N)C(C)C. The summed E-state index contributed by atoms with van der Waals surface area (Å²) in [5.41, 5.74) is 5.59. The highest BCUT2D eigenvalue weighted by molar-refractivity contribution is 5.81. The number of amides is 1. The number of carbonyl (C=O) groups excluding carboxylic acids is 1. The summed E-state index contributed by atoms with van der Waals surface area (Å²) in [6.07, 6.45) is 0. The molecule has 0 rings (SSSR count). The molecule has 0 fully saturated rings. The second kappa shape index (κ2) is 5.55. The highest BCUT2D eigenvalue weighted by Crippen LogP contribution is 1.98. The zero-order valence-corrected chi connectivity index (χ0v) is 8.37. The Hall–Kier alpha value is -1.08. The lowest BCUT2D eigenvalue weighted by Gasteiger charge is -2.15. The maximum Gasteiger partial charge on any atom is 0.237 e. The molecule has 0 saturated heterocycles. The fraction of sp³-hybridized carbons (Fsp3) is 0.778. The van der Waals surface area contributed by atoms with Crippen molar-refractivity contribution in [3.63, 3.8) is 0 Å². The predicted octanol–water partition coefficient (Wildman–Crippen LogP) is 0.246. The molecular weight excluding hydrogens is 166 g/mol. The fourth-order valence-electron chi connectivity index (χ4n) is 0.720. The Labute approximate surface area is 79.1 Å². The summed E-state index contributed by atoms with van der Waals surface area (Å²) < 4.78 is 0. The molecule has 1 amide bonds. The number of nitrogens with one attached hydrogen (secondary N) is 1. The van der Waals surface area contributed by atoms with Crippen LogP contribution < -0.4 is 11.1 Å². The van der Waals surface area contributed by atoms with Gasteiger partial charge in [0.2, 0.25) is 5.91 Å². The van der Waals surface area contributed by atoms with Crippen LogP contribution >= 0.6 is 0 Å².